The number of methoxy groups -OCH3 is 1. The first-order chi connectivity index (χ1) is 15.2. The largest absolute Gasteiger partial charge is 0.495 e. The van der Waals surface area contributed by atoms with Crippen molar-refractivity contribution < 1.29 is 28.1 Å². The molecule has 1 aromatic carbocycles. The fourth-order valence-electron chi connectivity index (χ4n) is 4.25. The van der Waals surface area contributed by atoms with Gasteiger partial charge >= 0.3 is 0 Å². The molecule has 2 aliphatic rings. The van der Waals surface area contributed by atoms with Crippen molar-refractivity contribution in [1.82, 2.24) is 9.88 Å². The van der Waals surface area contributed by atoms with Gasteiger partial charge in [-0.25, -0.2) is 4.39 Å². The molecule has 0 radical (unpaired) electrons. The number of nitrogens with zero attached hydrogens (tertiary/aromatic N) is 2. The number of amides is 1. The standard InChI is InChI=1S/C24H29FN2O5/c1-16-12-17(7-8-18(16)30-14-23(2,3)25)22(28)27-11-9-24(20(13-27)31-15-32-24)21-19(29-4)6-5-10-26-21/h5-8,10,12,20H,9,11,13-15H2,1-4H3/t20-,24+/m1/s1. The molecule has 4 rings (SSSR count). The summed E-state index contributed by atoms with van der Waals surface area (Å²) >= 11 is 0. The quantitative estimate of drug-likeness (QED) is 0.678. The van der Waals surface area contributed by atoms with E-state index in [2.05, 4.69) is 4.98 Å². The second kappa shape index (κ2) is 8.67. The van der Waals surface area contributed by atoms with E-state index < -0.39 is 11.3 Å². The average molecular weight is 445 g/mol. The van der Waals surface area contributed by atoms with Gasteiger partial charge in [0.1, 0.15) is 48.0 Å². The van der Waals surface area contributed by atoms with Crippen LogP contribution in [0, 0.1) is 6.92 Å². The molecule has 8 heteroatoms. The summed E-state index contributed by atoms with van der Waals surface area (Å²) < 4.78 is 36.7. The number of ether oxygens (including phenoxy) is 4. The molecule has 2 atom stereocenters. The number of fused-ring (bicyclic) bond motifs is 1. The highest BCUT2D eigenvalue weighted by Gasteiger charge is 2.53. The summed E-state index contributed by atoms with van der Waals surface area (Å²) in [6, 6.07) is 8.87. The Kier molecular flexibility index (Phi) is 6.09. The number of benzene rings is 1. The Balaban J connectivity index is 1.50. The maximum absolute atomic E-state index is 13.7. The van der Waals surface area contributed by atoms with Gasteiger partial charge in [0.2, 0.25) is 0 Å². The van der Waals surface area contributed by atoms with E-state index in [1.165, 1.54) is 13.8 Å². The SMILES string of the molecule is COc1cccnc1[C@]12CCN(C(=O)c3ccc(OCC(C)(C)F)c(C)c3)C[C@H]1OCO2. The zero-order valence-electron chi connectivity index (χ0n) is 18.9. The summed E-state index contributed by atoms with van der Waals surface area (Å²) in [5.74, 6) is 1.12. The fraction of sp³-hybridized carbons (Fsp3) is 0.500. The summed E-state index contributed by atoms with van der Waals surface area (Å²) in [5, 5.41) is 0. The number of hydrogen-bond acceptors (Lipinski definition) is 6. The van der Waals surface area contributed by atoms with Crippen LogP contribution >= 0.6 is 0 Å². The predicted molar refractivity (Wildman–Crippen MR) is 116 cm³/mol. The monoisotopic (exact) mass is 444 g/mol. The van der Waals surface area contributed by atoms with Gasteiger partial charge in [-0.15, -0.1) is 0 Å². The maximum atomic E-state index is 13.7. The minimum absolute atomic E-state index is 0.0503. The number of halogens is 1. The first kappa shape index (κ1) is 22.5. The molecule has 32 heavy (non-hydrogen) atoms. The van der Waals surface area contributed by atoms with Crippen molar-refractivity contribution in [1.29, 1.82) is 0 Å². The molecule has 2 aromatic rings. The number of piperidine rings is 1. The van der Waals surface area contributed by atoms with E-state index in [4.69, 9.17) is 18.9 Å². The summed E-state index contributed by atoms with van der Waals surface area (Å²) in [6.07, 6.45) is 1.90. The number of pyridine rings is 1. The van der Waals surface area contributed by atoms with Gasteiger partial charge in [0.25, 0.3) is 5.91 Å². The van der Waals surface area contributed by atoms with Gasteiger partial charge in [-0.05, 0) is 56.7 Å². The van der Waals surface area contributed by atoms with E-state index >= 15 is 0 Å². The number of hydrogen-bond donors (Lipinski definition) is 0. The molecule has 0 unspecified atom stereocenters. The van der Waals surface area contributed by atoms with E-state index in [1.54, 1.807) is 36.4 Å². The summed E-state index contributed by atoms with van der Waals surface area (Å²) in [6.45, 7) is 5.74. The van der Waals surface area contributed by atoms with Gasteiger partial charge < -0.3 is 23.8 Å². The van der Waals surface area contributed by atoms with Crippen LogP contribution in [0.2, 0.25) is 0 Å². The molecule has 0 saturated carbocycles. The number of aromatic nitrogens is 1. The van der Waals surface area contributed by atoms with Crippen LogP contribution in [0.3, 0.4) is 0 Å². The molecular formula is C24H29FN2O5. The van der Waals surface area contributed by atoms with Crippen LogP contribution in [-0.2, 0) is 15.1 Å². The number of rotatable bonds is 6. The molecule has 0 N–H and O–H groups in total. The lowest BCUT2D eigenvalue weighted by molar-refractivity contribution is -0.0484. The Labute approximate surface area is 187 Å². The highest BCUT2D eigenvalue weighted by Crippen LogP contribution is 2.45. The highest BCUT2D eigenvalue weighted by molar-refractivity contribution is 5.94. The van der Waals surface area contributed by atoms with Crippen molar-refractivity contribution in [2.24, 2.45) is 0 Å². The molecule has 0 bridgehead atoms. The third-order valence-corrected chi connectivity index (χ3v) is 5.92. The van der Waals surface area contributed by atoms with Crippen molar-refractivity contribution in [3.8, 4) is 11.5 Å². The van der Waals surface area contributed by atoms with Crippen molar-refractivity contribution in [2.45, 2.75) is 44.6 Å². The number of aryl methyl sites for hydroxylation is 1. The highest BCUT2D eigenvalue weighted by atomic mass is 19.1. The average Bonchev–Trinajstić information content (AvgIpc) is 3.21. The Bertz CT molecular complexity index is 993. The van der Waals surface area contributed by atoms with E-state index in [0.29, 0.717) is 42.3 Å². The Morgan fingerprint density at radius 1 is 1.34 bits per heavy atom. The lowest BCUT2D eigenvalue weighted by atomic mass is 9.84. The third-order valence-electron chi connectivity index (χ3n) is 5.92. The molecule has 3 heterocycles. The fourth-order valence-corrected chi connectivity index (χ4v) is 4.25. The van der Waals surface area contributed by atoms with Crippen LogP contribution in [0.5, 0.6) is 11.5 Å². The number of carbonyl (C=O) groups is 1. The van der Waals surface area contributed by atoms with Gasteiger partial charge in [0, 0.05) is 24.7 Å². The Hall–Kier alpha value is -2.71. The minimum Gasteiger partial charge on any atom is -0.495 e. The molecule has 172 valence electrons. The van der Waals surface area contributed by atoms with Crippen LogP contribution < -0.4 is 9.47 Å². The molecule has 1 amide bonds. The van der Waals surface area contributed by atoms with Crippen LogP contribution in [0.25, 0.3) is 0 Å². The molecule has 0 spiro atoms. The summed E-state index contributed by atoms with van der Waals surface area (Å²) in [4.78, 5) is 19.5. The molecule has 2 aliphatic heterocycles. The number of likely N-dealkylation sites (tertiary alicyclic amines) is 1. The van der Waals surface area contributed by atoms with Gasteiger partial charge in [-0.2, -0.15) is 0 Å². The van der Waals surface area contributed by atoms with Crippen molar-refractivity contribution >= 4 is 5.91 Å². The van der Waals surface area contributed by atoms with Crippen molar-refractivity contribution in [3.63, 3.8) is 0 Å². The smallest absolute Gasteiger partial charge is 0.253 e. The second-order valence-electron chi connectivity index (χ2n) is 8.85. The van der Waals surface area contributed by atoms with E-state index in [9.17, 15) is 9.18 Å². The second-order valence-corrected chi connectivity index (χ2v) is 8.85. The maximum Gasteiger partial charge on any atom is 0.253 e. The Morgan fingerprint density at radius 3 is 2.88 bits per heavy atom. The van der Waals surface area contributed by atoms with E-state index in [1.807, 2.05) is 19.1 Å². The summed E-state index contributed by atoms with van der Waals surface area (Å²) in [5.41, 5.74) is -0.136. The van der Waals surface area contributed by atoms with Crippen LogP contribution in [0.15, 0.2) is 36.5 Å². The van der Waals surface area contributed by atoms with Crippen molar-refractivity contribution in [3.05, 3.63) is 53.3 Å². The molecular weight excluding hydrogens is 415 g/mol. The normalized spacial score (nSPS) is 23.0. The predicted octanol–water partition coefficient (Wildman–Crippen LogP) is 3.64. The number of alkyl halides is 1. The van der Waals surface area contributed by atoms with Gasteiger partial charge in [-0.1, -0.05) is 0 Å². The van der Waals surface area contributed by atoms with Crippen LogP contribution in [-0.4, -0.2) is 61.2 Å². The van der Waals surface area contributed by atoms with Crippen molar-refractivity contribution in [2.75, 3.05) is 33.6 Å². The molecule has 0 aliphatic carbocycles. The Morgan fingerprint density at radius 2 is 2.16 bits per heavy atom. The molecule has 1 aromatic heterocycles. The first-order valence-electron chi connectivity index (χ1n) is 10.7. The molecule has 7 nitrogen and oxygen atoms in total. The van der Waals surface area contributed by atoms with Crippen LogP contribution in [0.4, 0.5) is 4.39 Å². The van der Waals surface area contributed by atoms with Gasteiger partial charge in [-0.3, -0.25) is 9.78 Å². The van der Waals surface area contributed by atoms with Gasteiger partial charge in [0.15, 0.2) is 0 Å². The topological polar surface area (TPSA) is 70.1 Å². The third kappa shape index (κ3) is 4.29. The zero-order chi connectivity index (χ0) is 22.9. The van der Waals surface area contributed by atoms with E-state index in [-0.39, 0.29) is 25.4 Å². The summed E-state index contributed by atoms with van der Waals surface area (Å²) in [7, 11) is 1.60. The number of carbonyl (C=O) groups excluding carboxylic acids is 1. The van der Waals surface area contributed by atoms with E-state index in [0.717, 1.165) is 5.56 Å². The molecule has 2 fully saturated rings. The lowest BCUT2D eigenvalue weighted by Gasteiger charge is -2.41. The zero-order valence-corrected chi connectivity index (χ0v) is 18.9. The first-order valence-corrected chi connectivity index (χ1v) is 10.7. The lowest BCUT2D eigenvalue weighted by Crippen LogP contribution is -2.54. The van der Waals surface area contributed by atoms with Gasteiger partial charge in [0.05, 0.1) is 13.7 Å². The molecule has 2 saturated heterocycles. The minimum atomic E-state index is -1.43. The van der Waals surface area contributed by atoms with Crippen LogP contribution in [0.1, 0.15) is 41.9 Å².